The summed E-state index contributed by atoms with van der Waals surface area (Å²) >= 11 is 0. The number of hydrogen-bond donors (Lipinski definition) is 0. The third-order valence-electron chi connectivity index (χ3n) is 4.25. The van der Waals surface area contributed by atoms with E-state index >= 15 is 0 Å². The van der Waals surface area contributed by atoms with Crippen LogP contribution in [0.25, 0.3) is 12.2 Å². The molecule has 0 N–H and O–H groups in total. The van der Waals surface area contributed by atoms with Crippen molar-refractivity contribution in [1.29, 1.82) is 0 Å². The molecule has 0 bridgehead atoms. The van der Waals surface area contributed by atoms with Gasteiger partial charge in [-0.1, -0.05) is 64.1 Å². The van der Waals surface area contributed by atoms with Crippen LogP contribution in [0.15, 0.2) is 60.7 Å². The van der Waals surface area contributed by atoms with Crippen LogP contribution in [0, 0.1) is 11.8 Å². The van der Waals surface area contributed by atoms with E-state index in [4.69, 9.17) is 9.47 Å². The van der Waals surface area contributed by atoms with E-state index in [2.05, 4.69) is 0 Å². The minimum Gasteiger partial charge on any atom is -0.497 e. The van der Waals surface area contributed by atoms with Gasteiger partial charge < -0.3 is 9.47 Å². The molecule has 0 aliphatic rings. The van der Waals surface area contributed by atoms with Gasteiger partial charge in [-0.3, -0.25) is 9.59 Å². The van der Waals surface area contributed by atoms with Crippen molar-refractivity contribution >= 4 is 23.7 Å². The van der Waals surface area contributed by atoms with E-state index in [1.807, 2.05) is 88.4 Å². The lowest BCUT2D eigenvalue weighted by atomic mass is 10.1. The van der Waals surface area contributed by atoms with E-state index in [0.29, 0.717) is 0 Å². The minimum absolute atomic E-state index is 0.0551. The second-order valence-corrected chi connectivity index (χ2v) is 7.33. The van der Waals surface area contributed by atoms with Gasteiger partial charge in [-0.05, 0) is 47.5 Å². The minimum atomic E-state index is 0.0551. The molecule has 0 aliphatic carbocycles. The summed E-state index contributed by atoms with van der Waals surface area (Å²) in [6.45, 7) is 7.56. The molecule has 0 saturated heterocycles. The molecule has 0 fully saturated rings. The quantitative estimate of drug-likeness (QED) is 0.513. The first-order valence-corrected chi connectivity index (χ1v) is 9.98. The Balaban J connectivity index is 0.000000300. The van der Waals surface area contributed by atoms with Gasteiger partial charge in [0.15, 0.2) is 11.6 Å². The largest absolute Gasteiger partial charge is 0.497 e. The van der Waals surface area contributed by atoms with Crippen molar-refractivity contribution < 1.29 is 19.1 Å². The van der Waals surface area contributed by atoms with Crippen LogP contribution < -0.4 is 9.47 Å². The lowest BCUT2D eigenvalue weighted by Crippen LogP contribution is -2.01. The molecule has 4 heteroatoms. The maximum atomic E-state index is 11.3. The number of benzene rings is 2. The van der Waals surface area contributed by atoms with E-state index < -0.39 is 0 Å². The van der Waals surface area contributed by atoms with Gasteiger partial charge in [-0.15, -0.1) is 0 Å². The van der Waals surface area contributed by atoms with Crippen molar-refractivity contribution in [2.75, 3.05) is 14.2 Å². The second kappa shape index (κ2) is 13.2. The van der Waals surface area contributed by atoms with Crippen molar-refractivity contribution in [3.8, 4) is 11.5 Å². The number of ketones is 2. The number of hydrogen-bond acceptors (Lipinski definition) is 4. The molecule has 4 nitrogen and oxygen atoms in total. The Morgan fingerprint density at radius 2 is 0.933 bits per heavy atom. The molecule has 0 unspecified atom stereocenters. The highest BCUT2D eigenvalue weighted by Crippen LogP contribution is 2.13. The van der Waals surface area contributed by atoms with Gasteiger partial charge in [0.05, 0.1) is 14.2 Å². The Hall–Kier alpha value is -3.14. The first-order chi connectivity index (χ1) is 14.3. The number of rotatable bonds is 8. The summed E-state index contributed by atoms with van der Waals surface area (Å²) in [5.41, 5.74) is 2.01. The summed E-state index contributed by atoms with van der Waals surface area (Å²) in [5, 5.41) is 0. The molecule has 30 heavy (non-hydrogen) atoms. The Kier molecular flexibility index (Phi) is 10.9. The van der Waals surface area contributed by atoms with Crippen molar-refractivity contribution in [2.45, 2.75) is 27.7 Å². The van der Waals surface area contributed by atoms with Gasteiger partial charge in [0, 0.05) is 11.8 Å². The number of carbonyl (C=O) groups excluding carboxylic acids is 2. The van der Waals surface area contributed by atoms with Gasteiger partial charge in [0.1, 0.15) is 11.5 Å². The fourth-order valence-electron chi connectivity index (χ4n) is 2.17. The molecular weight excluding hydrogens is 376 g/mol. The number of carbonyl (C=O) groups is 2. The molecule has 0 atom stereocenters. The molecule has 0 heterocycles. The predicted molar refractivity (Wildman–Crippen MR) is 124 cm³/mol. The molecular formula is C26H32O4. The van der Waals surface area contributed by atoms with E-state index in [0.717, 1.165) is 22.6 Å². The van der Waals surface area contributed by atoms with Crippen LogP contribution in [0.5, 0.6) is 11.5 Å². The smallest absolute Gasteiger partial charge is 0.158 e. The Bertz CT molecular complexity index is 768. The van der Waals surface area contributed by atoms with Gasteiger partial charge >= 0.3 is 0 Å². The third-order valence-corrected chi connectivity index (χ3v) is 4.25. The first kappa shape index (κ1) is 24.9. The molecule has 0 radical (unpaired) electrons. The third kappa shape index (κ3) is 9.37. The molecule has 0 saturated carbocycles. The highest BCUT2D eigenvalue weighted by molar-refractivity contribution is 5.95. The van der Waals surface area contributed by atoms with Crippen LogP contribution in [-0.2, 0) is 9.59 Å². The zero-order valence-corrected chi connectivity index (χ0v) is 18.7. The Morgan fingerprint density at radius 1 is 0.633 bits per heavy atom. The molecule has 2 aromatic rings. The van der Waals surface area contributed by atoms with Crippen LogP contribution >= 0.6 is 0 Å². The zero-order chi connectivity index (χ0) is 22.5. The maximum absolute atomic E-state index is 11.3. The summed E-state index contributed by atoms with van der Waals surface area (Å²) in [4.78, 5) is 22.7. The standard InChI is InChI=1S/2C13H16O2/c2*1-10(2)13(14)9-6-11-4-7-12(15-3)8-5-11/h2*4-10H,1-3H3. The van der Waals surface area contributed by atoms with Crippen LogP contribution in [-0.4, -0.2) is 25.8 Å². The number of ether oxygens (including phenoxy) is 2. The normalized spacial score (nSPS) is 10.9. The molecule has 0 amide bonds. The molecule has 2 aromatic carbocycles. The topological polar surface area (TPSA) is 52.6 Å². The number of allylic oxidation sites excluding steroid dienone is 2. The lowest BCUT2D eigenvalue weighted by Gasteiger charge is -1.99. The Morgan fingerprint density at radius 3 is 1.17 bits per heavy atom. The molecule has 0 aromatic heterocycles. The van der Waals surface area contributed by atoms with Crippen molar-refractivity contribution in [3.05, 3.63) is 71.8 Å². The summed E-state index contributed by atoms with van der Waals surface area (Å²) in [7, 11) is 3.26. The highest BCUT2D eigenvalue weighted by atomic mass is 16.5. The van der Waals surface area contributed by atoms with Gasteiger partial charge in [0.2, 0.25) is 0 Å². The van der Waals surface area contributed by atoms with E-state index in [1.54, 1.807) is 26.4 Å². The first-order valence-electron chi connectivity index (χ1n) is 9.98. The number of methoxy groups -OCH3 is 2. The highest BCUT2D eigenvalue weighted by Gasteiger charge is 2.02. The average Bonchev–Trinajstić information content (AvgIpc) is 2.76. The van der Waals surface area contributed by atoms with Crippen LogP contribution in [0.2, 0.25) is 0 Å². The molecule has 0 aliphatic heterocycles. The van der Waals surface area contributed by atoms with Gasteiger partial charge in [0.25, 0.3) is 0 Å². The van der Waals surface area contributed by atoms with E-state index in [1.165, 1.54) is 0 Å². The van der Waals surface area contributed by atoms with Crippen molar-refractivity contribution in [3.63, 3.8) is 0 Å². The second-order valence-electron chi connectivity index (χ2n) is 7.33. The fraction of sp³-hybridized carbons (Fsp3) is 0.308. The van der Waals surface area contributed by atoms with Gasteiger partial charge in [-0.25, -0.2) is 0 Å². The van der Waals surface area contributed by atoms with Crippen LogP contribution in [0.3, 0.4) is 0 Å². The van der Waals surface area contributed by atoms with Crippen LogP contribution in [0.4, 0.5) is 0 Å². The zero-order valence-electron chi connectivity index (χ0n) is 18.7. The SMILES string of the molecule is COc1ccc(C=CC(=O)C(C)C)cc1.COc1ccc(C=CC(=O)C(C)C)cc1. The summed E-state index contributed by atoms with van der Waals surface area (Å²) in [6.07, 6.45) is 6.88. The molecule has 0 spiro atoms. The Labute approximate surface area is 180 Å². The maximum Gasteiger partial charge on any atom is 0.158 e. The van der Waals surface area contributed by atoms with E-state index in [9.17, 15) is 9.59 Å². The van der Waals surface area contributed by atoms with E-state index in [-0.39, 0.29) is 23.4 Å². The molecule has 2 rings (SSSR count). The van der Waals surface area contributed by atoms with Crippen molar-refractivity contribution in [2.24, 2.45) is 11.8 Å². The summed E-state index contributed by atoms with van der Waals surface area (Å²) in [6, 6.07) is 15.2. The summed E-state index contributed by atoms with van der Waals surface area (Å²) in [5.74, 6) is 2.04. The monoisotopic (exact) mass is 408 g/mol. The average molecular weight is 409 g/mol. The van der Waals surface area contributed by atoms with Crippen LogP contribution in [0.1, 0.15) is 38.8 Å². The van der Waals surface area contributed by atoms with Gasteiger partial charge in [-0.2, -0.15) is 0 Å². The molecule has 160 valence electrons. The summed E-state index contributed by atoms with van der Waals surface area (Å²) < 4.78 is 10.1. The fourth-order valence-corrected chi connectivity index (χ4v) is 2.17. The van der Waals surface area contributed by atoms with Crippen molar-refractivity contribution in [1.82, 2.24) is 0 Å². The lowest BCUT2D eigenvalue weighted by molar-refractivity contribution is -0.117. The predicted octanol–water partition coefficient (Wildman–Crippen LogP) is 5.87.